The Balaban J connectivity index is 2.07. The minimum atomic E-state index is -3.19. The second-order valence-corrected chi connectivity index (χ2v) is 8.89. The number of nitrogens with zero attached hydrogens (tertiary/aromatic N) is 1. The van der Waals surface area contributed by atoms with E-state index in [4.69, 9.17) is 0 Å². The number of amides is 2. The van der Waals surface area contributed by atoms with E-state index in [1.54, 1.807) is 24.3 Å². The molecule has 0 aliphatic carbocycles. The van der Waals surface area contributed by atoms with Crippen LogP contribution in [0.4, 0.5) is 5.69 Å². The quantitative estimate of drug-likeness (QED) is 0.824. The number of aryl methyl sites for hydroxylation is 2. The summed E-state index contributed by atoms with van der Waals surface area (Å²) in [6, 6.07) is 12.2. The molecule has 0 fully saturated rings. The van der Waals surface area contributed by atoms with Crippen molar-refractivity contribution in [2.24, 2.45) is 0 Å². The van der Waals surface area contributed by atoms with E-state index in [1.165, 1.54) is 11.9 Å². The first kappa shape index (κ1) is 20.6. The van der Waals surface area contributed by atoms with Gasteiger partial charge in [-0.1, -0.05) is 30.3 Å². The van der Waals surface area contributed by atoms with E-state index in [-0.39, 0.29) is 24.1 Å². The number of carbonyl (C=O) groups excluding carboxylic acids is 2. The summed E-state index contributed by atoms with van der Waals surface area (Å²) >= 11 is 0. The molecule has 2 amide bonds. The molecule has 2 aromatic rings. The van der Waals surface area contributed by atoms with Gasteiger partial charge in [0, 0.05) is 24.6 Å². The lowest BCUT2D eigenvalue weighted by molar-refractivity contribution is -0.116. The summed E-state index contributed by atoms with van der Waals surface area (Å²) in [6.45, 7) is 3.71. The number of sulfone groups is 1. The summed E-state index contributed by atoms with van der Waals surface area (Å²) in [5.41, 5.74) is 3.53. The van der Waals surface area contributed by atoms with Crippen LogP contribution in [0, 0.1) is 13.8 Å². The van der Waals surface area contributed by atoms with Crippen molar-refractivity contribution in [2.45, 2.75) is 19.6 Å². The summed E-state index contributed by atoms with van der Waals surface area (Å²) in [6.07, 6.45) is 1.14. The monoisotopic (exact) mass is 388 g/mol. The van der Waals surface area contributed by atoms with Crippen molar-refractivity contribution in [3.8, 4) is 0 Å². The molecule has 27 heavy (non-hydrogen) atoms. The predicted octanol–water partition coefficient (Wildman–Crippen LogP) is 2.56. The molecule has 0 aliphatic heterocycles. The molecule has 0 heterocycles. The highest BCUT2D eigenvalue weighted by Crippen LogP contribution is 2.19. The molecule has 2 rings (SSSR count). The fourth-order valence-corrected chi connectivity index (χ4v) is 3.58. The summed E-state index contributed by atoms with van der Waals surface area (Å²) in [4.78, 5) is 26.2. The van der Waals surface area contributed by atoms with Crippen LogP contribution in [0.15, 0.2) is 42.5 Å². The number of hydrogen-bond donors (Lipinski definition) is 1. The number of hydrogen-bond acceptors (Lipinski definition) is 4. The summed E-state index contributed by atoms with van der Waals surface area (Å²) in [7, 11) is -1.65. The maximum atomic E-state index is 12.6. The molecule has 0 spiro atoms. The zero-order chi connectivity index (χ0) is 20.2. The normalized spacial score (nSPS) is 11.1. The van der Waals surface area contributed by atoms with Crippen LogP contribution < -0.4 is 5.32 Å². The minimum absolute atomic E-state index is 0.108. The van der Waals surface area contributed by atoms with Crippen LogP contribution in [-0.2, 0) is 20.4 Å². The second kappa shape index (κ2) is 8.35. The molecule has 0 aliphatic rings. The molecule has 0 saturated heterocycles. The van der Waals surface area contributed by atoms with Crippen molar-refractivity contribution in [1.82, 2.24) is 4.90 Å². The Hall–Kier alpha value is -2.67. The zero-order valence-corrected chi connectivity index (χ0v) is 16.8. The largest absolute Gasteiger partial charge is 0.332 e. The molecular formula is C20H24N2O4S. The maximum absolute atomic E-state index is 12.6. The van der Waals surface area contributed by atoms with Gasteiger partial charge in [-0.25, -0.2) is 8.42 Å². The first-order valence-corrected chi connectivity index (χ1v) is 10.5. The van der Waals surface area contributed by atoms with Crippen molar-refractivity contribution in [3.05, 3.63) is 64.7 Å². The Morgan fingerprint density at radius 3 is 2.22 bits per heavy atom. The summed E-state index contributed by atoms with van der Waals surface area (Å²) in [5, 5.41) is 2.85. The van der Waals surface area contributed by atoms with Crippen LogP contribution in [0.3, 0.4) is 0 Å². The van der Waals surface area contributed by atoms with Gasteiger partial charge in [0.1, 0.15) is 0 Å². The van der Waals surface area contributed by atoms with Crippen molar-refractivity contribution >= 4 is 27.3 Å². The van der Waals surface area contributed by atoms with E-state index in [0.717, 1.165) is 23.1 Å². The van der Waals surface area contributed by atoms with Crippen LogP contribution in [0.1, 0.15) is 27.0 Å². The van der Waals surface area contributed by atoms with Crippen molar-refractivity contribution in [2.75, 3.05) is 25.2 Å². The second-order valence-electron chi connectivity index (χ2n) is 6.75. The van der Waals surface area contributed by atoms with E-state index in [0.29, 0.717) is 11.1 Å². The molecule has 0 radical (unpaired) electrons. The van der Waals surface area contributed by atoms with E-state index < -0.39 is 9.84 Å². The van der Waals surface area contributed by atoms with Crippen molar-refractivity contribution < 1.29 is 18.0 Å². The van der Waals surface area contributed by atoms with Gasteiger partial charge in [-0.15, -0.1) is 0 Å². The number of anilines is 1. The molecule has 144 valence electrons. The summed E-state index contributed by atoms with van der Waals surface area (Å²) < 4.78 is 22.9. The van der Waals surface area contributed by atoms with Crippen LogP contribution in [0.25, 0.3) is 0 Å². The third-order valence-electron chi connectivity index (χ3n) is 4.08. The Labute approximate surface area is 160 Å². The summed E-state index contributed by atoms with van der Waals surface area (Å²) in [5.74, 6) is -0.775. The van der Waals surface area contributed by atoms with E-state index in [9.17, 15) is 18.0 Å². The Kier molecular flexibility index (Phi) is 6.38. The molecule has 0 unspecified atom stereocenters. The lowest BCUT2D eigenvalue weighted by Gasteiger charge is -2.18. The lowest BCUT2D eigenvalue weighted by atomic mass is 10.1. The third kappa shape index (κ3) is 5.92. The molecule has 6 nitrogen and oxygen atoms in total. The molecule has 2 aromatic carbocycles. The van der Waals surface area contributed by atoms with E-state index in [2.05, 4.69) is 5.32 Å². The van der Waals surface area contributed by atoms with Crippen LogP contribution in [-0.4, -0.2) is 45.0 Å². The number of benzene rings is 2. The van der Waals surface area contributed by atoms with Gasteiger partial charge < -0.3 is 10.2 Å². The Bertz CT molecular complexity index is 947. The number of para-hydroxylation sites is 1. The highest BCUT2D eigenvalue weighted by molar-refractivity contribution is 7.89. The molecule has 0 aromatic heterocycles. The maximum Gasteiger partial charge on any atom is 0.254 e. The molecular weight excluding hydrogens is 364 g/mol. The smallest absolute Gasteiger partial charge is 0.254 e. The van der Waals surface area contributed by atoms with Gasteiger partial charge in [0.2, 0.25) is 5.91 Å². The zero-order valence-electron chi connectivity index (χ0n) is 15.9. The topological polar surface area (TPSA) is 83.6 Å². The van der Waals surface area contributed by atoms with Crippen LogP contribution >= 0.6 is 0 Å². The number of rotatable bonds is 6. The van der Waals surface area contributed by atoms with Gasteiger partial charge in [0.05, 0.1) is 12.3 Å². The third-order valence-corrected chi connectivity index (χ3v) is 4.93. The molecule has 7 heteroatoms. The fourth-order valence-electron chi connectivity index (χ4n) is 2.80. The standard InChI is InChI=1S/C20H24N2O4S/c1-14-7-5-8-15(2)19(14)21-18(23)12-22(3)20(24)17-10-6-9-16(11-17)13-27(4,25)26/h5-11H,12-13H2,1-4H3,(H,21,23). The number of nitrogens with one attached hydrogen (secondary N) is 1. The average Bonchev–Trinajstić information content (AvgIpc) is 2.56. The highest BCUT2D eigenvalue weighted by Gasteiger charge is 2.17. The lowest BCUT2D eigenvalue weighted by Crippen LogP contribution is -2.35. The Morgan fingerprint density at radius 2 is 1.63 bits per heavy atom. The first-order chi connectivity index (χ1) is 12.6. The predicted molar refractivity (Wildman–Crippen MR) is 106 cm³/mol. The van der Waals surface area contributed by atoms with Gasteiger partial charge in [-0.2, -0.15) is 0 Å². The fraction of sp³-hybridized carbons (Fsp3) is 0.300. The van der Waals surface area contributed by atoms with Gasteiger partial charge in [-0.05, 0) is 42.7 Å². The van der Waals surface area contributed by atoms with Crippen molar-refractivity contribution in [3.63, 3.8) is 0 Å². The van der Waals surface area contributed by atoms with Crippen LogP contribution in [0.5, 0.6) is 0 Å². The average molecular weight is 388 g/mol. The molecule has 0 atom stereocenters. The SMILES string of the molecule is Cc1cccc(C)c1NC(=O)CN(C)C(=O)c1cccc(CS(C)(=O)=O)c1. The van der Waals surface area contributed by atoms with Gasteiger partial charge >= 0.3 is 0 Å². The number of carbonyl (C=O) groups is 2. The number of likely N-dealkylation sites (N-methyl/N-ethyl adjacent to an activating group) is 1. The van der Waals surface area contributed by atoms with Gasteiger partial charge in [0.25, 0.3) is 5.91 Å². The van der Waals surface area contributed by atoms with E-state index >= 15 is 0 Å². The molecule has 1 N–H and O–H groups in total. The van der Waals surface area contributed by atoms with Gasteiger partial charge in [-0.3, -0.25) is 9.59 Å². The molecule has 0 saturated carbocycles. The Morgan fingerprint density at radius 1 is 1.04 bits per heavy atom. The molecule has 0 bridgehead atoms. The van der Waals surface area contributed by atoms with Crippen LogP contribution in [0.2, 0.25) is 0 Å². The minimum Gasteiger partial charge on any atom is -0.332 e. The highest BCUT2D eigenvalue weighted by atomic mass is 32.2. The first-order valence-electron chi connectivity index (χ1n) is 8.45. The van der Waals surface area contributed by atoms with Gasteiger partial charge in [0.15, 0.2) is 9.84 Å². The van der Waals surface area contributed by atoms with E-state index in [1.807, 2.05) is 32.0 Å². The van der Waals surface area contributed by atoms with Crippen molar-refractivity contribution in [1.29, 1.82) is 0 Å².